The number of hydrogen-bond donors (Lipinski definition) is 1. The Bertz CT molecular complexity index is 966. The van der Waals surface area contributed by atoms with Gasteiger partial charge in [-0.25, -0.2) is 9.18 Å². The molecular weight excluding hydrogens is 393 g/mol. The summed E-state index contributed by atoms with van der Waals surface area (Å²) < 4.78 is 13.9. The molecule has 1 unspecified atom stereocenters. The van der Waals surface area contributed by atoms with Crippen LogP contribution in [0.4, 0.5) is 14.9 Å². The lowest BCUT2D eigenvalue weighted by Crippen LogP contribution is -2.66. The molecule has 0 bridgehead atoms. The maximum Gasteiger partial charge on any atom is 0.321 e. The number of halogens is 1. The zero-order valence-corrected chi connectivity index (χ0v) is 17.6. The van der Waals surface area contributed by atoms with Gasteiger partial charge >= 0.3 is 6.03 Å². The van der Waals surface area contributed by atoms with E-state index in [2.05, 4.69) is 34.5 Å². The first kappa shape index (κ1) is 20.0. The number of amides is 3. The third-order valence-corrected chi connectivity index (χ3v) is 7.33. The molecule has 3 amide bonds. The molecule has 3 fully saturated rings. The Morgan fingerprint density at radius 1 is 0.968 bits per heavy atom. The van der Waals surface area contributed by atoms with Gasteiger partial charge in [0.05, 0.1) is 17.1 Å². The van der Waals surface area contributed by atoms with Crippen LogP contribution < -0.4 is 5.32 Å². The molecule has 2 aliphatic heterocycles. The number of hydrogen-bond acceptors (Lipinski definition) is 2. The Hall–Kier alpha value is -2.89. The van der Waals surface area contributed by atoms with Gasteiger partial charge in [-0.3, -0.25) is 4.79 Å². The summed E-state index contributed by atoms with van der Waals surface area (Å²) >= 11 is 0. The number of carbonyl (C=O) groups excluding carboxylic acids is 2. The average molecular weight is 422 g/mol. The van der Waals surface area contributed by atoms with Crippen LogP contribution >= 0.6 is 0 Å². The van der Waals surface area contributed by atoms with Crippen LogP contribution in [0.3, 0.4) is 0 Å². The van der Waals surface area contributed by atoms with Crippen molar-refractivity contribution in [3.05, 3.63) is 66.0 Å². The fraction of sp³-hybridized carbons (Fsp3) is 0.440. The van der Waals surface area contributed by atoms with Crippen molar-refractivity contribution in [1.82, 2.24) is 9.80 Å². The van der Waals surface area contributed by atoms with Crippen molar-refractivity contribution < 1.29 is 14.0 Å². The van der Waals surface area contributed by atoms with Crippen molar-refractivity contribution in [2.75, 3.05) is 18.4 Å². The third-order valence-electron chi connectivity index (χ3n) is 7.33. The van der Waals surface area contributed by atoms with Crippen molar-refractivity contribution in [2.45, 2.75) is 50.6 Å². The highest BCUT2D eigenvalue weighted by atomic mass is 19.1. The predicted molar refractivity (Wildman–Crippen MR) is 117 cm³/mol. The molecule has 1 aliphatic carbocycles. The number of β-lactam (4-membered cyclic amide) rings is 1. The predicted octanol–water partition coefficient (Wildman–Crippen LogP) is 4.97. The maximum absolute atomic E-state index is 13.9. The van der Waals surface area contributed by atoms with E-state index in [1.807, 2.05) is 6.07 Å². The first-order chi connectivity index (χ1) is 15.1. The molecule has 5 nitrogen and oxygen atoms in total. The molecule has 6 heteroatoms. The number of benzene rings is 2. The van der Waals surface area contributed by atoms with Gasteiger partial charge < -0.3 is 15.1 Å². The molecule has 5 rings (SSSR count). The van der Waals surface area contributed by atoms with Crippen LogP contribution in [0.1, 0.15) is 50.1 Å². The standard InChI is InChI=1S/C25H28FN3O2/c26-20-10-4-5-11-21(20)27-24(31)28-16-12-19(13-17-28)29-22(18-8-2-1-3-9-18)25(23(29)30)14-6-7-15-25/h1-5,8-11,19,22H,6-7,12-17H2,(H,27,31). The van der Waals surface area contributed by atoms with Crippen LogP contribution in [0.25, 0.3) is 0 Å². The quantitative estimate of drug-likeness (QED) is 0.712. The van der Waals surface area contributed by atoms with E-state index in [-0.39, 0.29) is 29.2 Å². The zero-order valence-electron chi connectivity index (χ0n) is 17.6. The summed E-state index contributed by atoms with van der Waals surface area (Å²) in [6.45, 7) is 1.12. The van der Waals surface area contributed by atoms with Gasteiger partial charge in [0.25, 0.3) is 0 Å². The second-order valence-corrected chi connectivity index (χ2v) is 9.02. The Morgan fingerprint density at radius 2 is 1.61 bits per heavy atom. The van der Waals surface area contributed by atoms with E-state index in [0.29, 0.717) is 19.0 Å². The lowest BCUT2D eigenvalue weighted by Gasteiger charge is -2.59. The number of urea groups is 1. The summed E-state index contributed by atoms with van der Waals surface area (Å²) in [5, 5.41) is 2.67. The monoisotopic (exact) mass is 421 g/mol. The number of anilines is 1. The van der Waals surface area contributed by atoms with Crippen LogP contribution in [-0.2, 0) is 4.79 Å². The fourth-order valence-corrected chi connectivity index (χ4v) is 5.78. The minimum atomic E-state index is -0.440. The molecule has 1 spiro atoms. The van der Waals surface area contributed by atoms with Crippen LogP contribution in [0.2, 0.25) is 0 Å². The van der Waals surface area contributed by atoms with E-state index in [9.17, 15) is 14.0 Å². The average Bonchev–Trinajstić information content (AvgIpc) is 3.32. The van der Waals surface area contributed by atoms with Crippen LogP contribution in [0, 0.1) is 11.2 Å². The van der Waals surface area contributed by atoms with Gasteiger partial charge in [-0.1, -0.05) is 55.3 Å². The highest BCUT2D eigenvalue weighted by Crippen LogP contribution is 2.60. The Labute approximate surface area is 182 Å². The second-order valence-electron chi connectivity index (χ2n) is 9.02. The van der Waals surface area contributed by atoms with Gasteiger partial charge in [-0.05, 0) is 43.4 Å². The summed E-state index contributed by atoms with van der Waals surface area (Å²) in [4.78, 5) is 29.8. The first-order valence-electron chi connectivity index (χ1n) is 11.3. The molecule has 31 heavy (non-hydrogen) atoms. The molecule has 2 heterocycles. The molecule has 2 saturated heterocycles. The van der Waals surface area contributed by atoms with Crippen molar-refractivity contribution >= 4 is 17.6 Å². The minimum Gasteiger partial charge on any atom is -0.331 e. The van der Waals surface area contributed by atoms with Crippen LogP contribution in [-0.4, -0.2) is 40.9 Å². The Morgan fingerprint density at radius 3 is 2.29 bits per heavy atom. The summed E-state index contributed by atoms with van der Waals surface area (Å²) in [5.41, 5.74) is 1.20. The minimum absolute atomic E-state index is 0.140. The maximum atomic E-state index is 13.9. The van der Waals surface area contributed by atoms with E-state index >= 15 is 0 Å². The summed E-state index contributed by atoms with van der Waals surface area (Å²) in [6, 6.07) is 16.6. The van der Waals surface area contributed by atoms with Crippen molar-refractivity contribution in [3.8, 4) is 0 Å². The molecule has 0 aromatic heterocycles. The number of para-hydroxylation sites is 1. The van der Waals surface area contributed by atoms with Crippen molar-refractivity contribution in [1.29, 1.82) is 0 Å². The van der Waals surface area contributed by atoms with Gasteiger partial charge in [0.1, 0.15) is 5.82 Å². The van der Waals surface area contributed by atoms with Crippen molar-refractivity contribution in [3.63, 3.8) is 0 Å². The summed E-state index contributed by atoms with van der Waals surface area (Å²) in [6.07, 6.45) is 5.69. The highest BCUT2D eigenvalue weighted by Gasteiger charge is 2.63. The van der Waals surface area contributed by atoms with Gasteiger partial charge in [-0.15, -0.1) is 0 Å². The lowest BCUT2D eigenvalue weighted by atomic mass is 9.65. The third kappa shape index (κ3) is 3.38. The number of piperidine rings is 1. The molecule has 2 aromatic carbocycles. The van der Waals surface area contributed by atoms with E-state index in [1.165, 1.54) is 11.6 Å². The van der Waals surface area contributed by atoms with Crippen LogP contribution in [0.5, 0.6) is 0 Å². The van der Waals surface area contributed by atoms with E-state index in [0.717, 1.165) is 38.5 Å². The smallest absolute Gasteiger partial charge is 0.321 e. The Kier molecular flexibility index (Phi) is 5.16. The van der Waals surface area contributed by atoms with Crippen LogP contribution in [0.15, 0.2) is 54.6 Å². The number of carbonyl (C=O) groups is 2. The largest absolute Gasteiger partial charge is 0.331 e. The van der Waals surface area contributed by atoms with Crippen molar-refractivity contribution in [2.24, 2.45) is 5.41 Å². The first-order valence-corrected chi connectivity index (χ1v) is 11.3. The van der Waals surface area contributed by atoms with E-state index < -0.39 is 5.82 Å². The van der Waals surface area contributed by atoms with Gasteiger partial charge in [0, 0.05) is 19.1 Å². The number of rotatable bonds is 3. The van der Waals surface area contributed by atoms with E-state index in [1.54, 1.807) is 23.1 Å². The fourth-order valence-electron chi connectivity index (χ4n) is 5.78. The second kappa shape index (κ2) is 7.98. The van der Waals surface area contributed by atoms with Gasteiger partial charge in [-0.2, -0.15) is 0 Å². The number of nitrogens with one attached hydrogen (secondary N) is 1. The highest BCUT2D eigenvalue weighted by molar-refractivity contribution is 5.92. The number of nitrogens with zero attached hydrogens (tertiary/aromatic N) is 2. The molecule has 0 radical (unpaired) electrons. The zero-order chi connectivity index (χ0) is 21.4. The van der Waals surface area contributed by atoms with E-state index in [4.69, 9.17) is 0 Å². The van der Waals surface area contributed by atoms with Gasteiger partial charge in [0.15, 0.2) is 0 Å². The molecule has 3 aliphatic rings. The summed E-state index contributed by atoms with van der Waals surface area (Å²) in [7, 11) is 0. The summed E-state index contributed by atoms with van der Waals surface area (Å²) in [5.74, 6) is -0.141. The molecule has 1 N–H and O–H groups in total. The molecular formula is C25H28FN3O2. The molecule has 1 saturated carbocycles. The lowest BCUT2D eigenvalue weighted by molar-refractivity contribution is -0.180. The SMILES string of the molecule is O=C(Nc1ccccc1F)N1CCC(N2C(=O)C3(CCCC3)C2c2ccccc2)CC1. The topological polar surface area (TPSA) is 52.7 Å². The molecule has 162 valence electrons. The number of likely N-dealkylation sites (tertiary alicyclic amines) is 2. The molecule has 1 atom stereocenters. The molecule has 2 aromatic rings. The Balaban J connectivity index is 1.27. The normalized spacial score (nSPS) is 23.1. The van der Waals surface area contributed by atoms with Gasteiger partial charge in [0.2, 0.25) is 5.91 Å².